The van der Waals surface area contributed by atoms with E-state index in [-0.39, 0.29) is 16.6 Å². The van der Waals surface area contributed by atoms with Gasteiger partial charge in [0.25, 0.3) is 0 Å². The van der Waals surface area contributed by atoms with Crippen LogP contribution in [0.15, 0.2) is 12.1 Å². The highest BCUT2D eigenvalue weighted by molar-refractivity contribution is 5.49. The van der Waals surface area contributed by atoms with Gasteiger partial charge in [0.15, 0.2) is 0 Å². The van der Waals surface area contributed by atoms with Crippen LogP contribution in [-0.4, -0.2) is 35.0 Å². The van der Waals surface area contributed by atoms with Crippen LogP contribution >= 0.6 is 0 Å². The summed E-state index contributed by atoms with van der Waals surface area (Å²) in [6.45, 7) is 13.0. The number of rotatable bonds is 5. The van der Waals surface area contributed by atoms with Gasteiger partial charge in [-0.15, -0.1) is 0 Å². The zero-order valence-corrected chi connectivity index (χ0v) is 15.6. The number of benzene rings is 1. The number of nitrogens with one attached hydrogen (secondary N) is 1. The van der Waals surface area contributed by atoms with E-state index in [0.29, 0.717) is 18.5 Å². The number of aromatic hydroxyl groups is 1. The van der Waals surface area contributed by atoms with Crippen LogP contribution in [0.2, 0.25) is 0 Å². The Kier molecular flexibility index (Phi) is 6.25. The molecule has 1 rings (SSSR count). The highest BCUT2D eigenvalue weighted by Crippen LogP contribution is 2.40. The molecule has 0 heterocycles. The van der Waals surface area contributed by atoms with Crippen molar-refractivity contribution >= 4 is 0 Å². The van der Waals surface area contributed by atoms with Crippen molar-refractivity contribution in [3.63, 3.8) is 0 Å². The summed E-state index contributed by atoms with van der Waals surface area (Å²) in [6, 6.07) is 3.82. The lowest BCUT2D eigenvalue weighted by Crippen LogP contribution is -2.25. The molecular formula is C19H33NO3. The van der Waals surface area contributed by atoms with Gasteiger partial charge < -0.3 is 20.6 Å². The Labute approximate surface area is 140 Å². The molecule has 0 aliphatic rings. The first kappa shape index (κ1) is 19.9. The fourth-order valence-corrected chi connectivity index (χ4v) is 2.54. The van der Waals surface area contributed by atoms with Gasteiger partial charge in [0.1, 0.15) is 11.9 Å². The summed E-state index contributed by atoms with van der Waals surface area (Å²) in [5.74, 6) is 0.0847. The summed E-state index contributed by atoms with van der Waals surface area (Å²) < 4.78 is 0. The molecule has 0 spiro atoms. The minimum absolute atomic E-state index is 0.0847. The maximum Gasteiger partial charge on any atom is 0.125 e. The van der Waals surface area contributed by atoms with Crippen LogP contribution in [-0.2, 0) is 10.8 Å². The molecule has 0 saturated carbocycles. The van der Waals surface area contributed by atoms with E-state index >= 15 is 0 Å². The third-order valence-electron chi connectivity index (χ3n) is 4.19. The lowest BCUT2D eigenvalue weighted by molar-refractivity contribution is 0.0125. The number of hydrogen-bond donors (Lipinski definition) is 4. The van der Waals surface area contributed by atoms with Gasteiger partial charge in [0.2, 0.25) is 0 Å². The monoisotopic (exact) mass is 323 g/mol. The van der Waals surface area contributed by atoms with E-state index in [1.54, 1.807) is 7.05 Å². The van der Waals surface area contributed by atoms with Crippen LogP contribution in [0.3, 0.4) is 0 Å². The Morgan fingerprint density at radius 2 is 1.57 bits per heavy atom. The van der Waals surface area contributed by atoms with E-state index in [2.05, 4.69) is 26.1 Å². The third-order valence-corrected chi connectivity index (χ3v) is 4.19. The molecule has 1 aromatic carbocycles. The predicted molar refractivity (Wildman–Crippen MR) is 95.0 cm³/mol. The van der Waals surface area contributed by atoms with E-state index in [4.69, 9.17) is 0 Å². The summed E-state index contributed by atoms with van der Waals surface area (Å²) in [4.78, 5) is 0. The van der Waals surface area contributed by atoms with Crippen molar-refractivity contribution in [2.75, 3.05) is 13.6 Å². The average molecular weight is 323 g/mol. The van der Waals surface area contributed by atoms with Gasteiger partial charge in [-0.2, -0.15) is 0 Å². The summed E-state index contributed by atoms with van der Waals surface area (Å²) >= 11 is 0. The second kappa shape index (κ2) is 7.20. The van der Waals surface area contributed by atoms with Crippen molar-refractivity contribution in [3.05, 3.63) is 28.8 Å². The Hall–Kier alpha value is -1.10. The zero-order valence-electron chi connectivity index (χ0n) is 15.6. The van der Waals surface area contributed by atoms with Gasteiger partial charge in [0, 0.05) is 5.56 Å². The molecule has 2 unspecified atom stereocenters. The Morgan fingerprint density at radius 3 is 2.00 bits per heavy atom. The molecular weight excluding hydrogens is 290 g/mol. The molecule has 4 nitrogen and oxygen atoms in total. The highest BCUT2D eigenvalue weighted by Gasteiger charge is 2.29. The SMILES string of the molecule is CNCCC(O)C(O)c1cc(C(C)(C)C)cc(C(C)(C)C)c1O. The predicted octanol–water partition coefficient (Wildman–Crippen LogP) is 2.99. The van der Waals surface area contributed by atoms with Crippen molar-refractivity contribution < 1.29 is 15.3 Å². The van der Waals surface area contributed by atoms with Crippen molar-refractivity contribution in [3.8, 4) is 5.75 Å². The first-order chi connectivity index (χ1) is 10.4. The van der Waals surface area contributed by atoms with E-state index < -0.39 is 12.2 Å². The quantitative estimate of drug-likeness (QED) is 0.672. The molecule has 0 aliphatic carbocycles. The fourth-order valence-electron chi connectivity index (χ4n) is 2.54. The minimum atomic E-state index is -1.10. The molecule has 0 radical (unpaired) electrons. The number of phenols is 1. The number of hydrogen-bond acceptors (Lipinski definition) is 4. The number of phenolic OH excluding ortho intramolecular Hbond substituents is 1. The van der Waals surface area contributed by atoms with Gasteiger partial charge >= 0.3 is 0 Å². The topological polar surface area (TPSA) is 72.7 Å². The van der Waals surface area contributed by atoms with Gasteiger partial charge in [-0.25, -0.2) is 0 Å². The molecule has 0 bridgehead atoms. The van der Waals surface area contributed by atoms with Crippen molar-refractivity contribution in [1.29, 1.82) is 0 Å². The Morgan fingerprint density at radius 1 is 1.00 bits per heavy atom. The highest BCUT2D eigenvalue weighted by atomic mass is 16.3. The second-order valence-corrected chi connectivity index (χ2v) is 8.37. The Bertz CT molecular complexity index is 527. The number of aliphatic hydroxyl groups is 2. The largest absolute Gasteiger partial charge is 0.507 e. The van der Waals surface area contributed by atoms with Crippen molar-refractivity contribution in [2.24, 2.45) is 0 Å². The van der Waals surface area contributed by atoms with Crippen LogP contribution < -0.4 is 5.32 Å². The molecule has 0 fully saturated rings. The molecule has 23 heavy (non-hydrogen) atoms. The van der Waals surface area contributed by atoms with Crippen LogP contribution in [0.5, 0.6) is 5.75 Å². The van der Waals surface area contributed by atoms with Crippen LogP contribution in [0, 0.1) is 0 Å². The summed E-state index contributed by atoms with van der Waals surface area (Å²) in [6.07, 6.45) is -1.61. The molecule has 4 heteroatoms. The van der Waals surface area contributed by atoms with Crippen LogP contribution in [0.4, 0.5) is 0 Å². The van der Waals surface area contributed by atoms with Gasteiger partial charge in [0.05, 0.1) is 6.10 Å². The van der Waals surface area contributed by atoms with Gasteiger partial charge in [-0.1, -0.05) is 47.6 Å². The molecule has 0 saturated heterocycles. The van der Waals surface area contributed by atoms with Crippen LogP contribution in [0.25, 0.3) is 0 Å². The number of aliphatic hydroxyl groups excluding tert-OH is 2. The molecule has 0 amide bonds. The van der Waals surface area contributed by atoms with Crippen molar-refractivity contribution in [2.45, 2.75) is 71.0 Å². The molecule has 0 aromatic heterocycles. The smallest absolute Gasteiger partial charge is 0.125 e. The lowest BCUT2D eigenvalue weighted by Gasteiger charge is -2.29. The van der Waals surface area contributed by atoms with E-state index in [0.717, 1.165) is 11.1 Å². The molecule has 1 aromatic rings. The molecule has 132 valence electrons. The first-order valence-electron chi connectivity index (χ1n) is 8.28. The van der Waals surface area contributed by atoms with Gasteiger partial charge in [-0.3, -0.25) is 0 Å². The van der Waals surface area contributed by atoms with Gasteiger partial charge in [-0.05, 0) is 48.0 Å². The zero-order chi connectivity index (χ0) is 18.0. The minimum Gasteiger partial charge on any atom is -0.507 e. The Balaban J connectivity index is 3.40. The maximum atomic E-state index is 10.7. The second-order valence-electron chi connectivity index (χ2n) is 8.37. The molecule has 2 atom stereocenters. The van der Waals surface area contributed by atoms with E-state index in [1.165, 1.54) is 0 Å². The summed E-state index contributed by atoms with van der Waals surface area (Å²) in [7, 11) is 1.80. The lowest BCUT2D eigenvalue weighted by atomic mass is 9.78. The third kappa shape index (κ3) is 4.93. The van der Waals surface area contributed by atoms with Crippen LogP contribution in [0.1, 0.15) is 70.8 Å². The van der Waals surface area contributed by atoms with E-state index in [1.807, 2.05) is 32.9 Å². The molecule has 0 aliphatic heterocycles. The fraction of sp³-hybridized carbons (Fsp3) is 0.684. The maximum absolute atomic E-state index is 10.7. The average Bonchev–Trinajstić information content (AvgIpc) is 2.41. The molecule has 4 N–H and O–H groups in total. The van der Waals surface area contributed by atoms with E-state index in [9.17, 15) is 15.3 Å². The van der Waals surface area contributed by atoms with Crippen molar-refractivity contribution in [1.82, 2.24) is 5.32 Å². The standard InChI is InChI=1S/C19H33NO3/c1-18(2,3)12-10-13(17(23)15(21)8-9-20-7)16(22)14(11-12)19(4,5)6/h10-11,15,17,20-23H,8-9H2,1-7H3. The first-order valence-corrected chi connectivity index (χ1v) is 8.28. The summed E-state index contributed by atoms with van der Waals surface area (Å²) in [5.41, 5.74) is 1.87. The summed E-state index contributed by atoms with van der Waals surface area (Å²) in [5, 5.41) is 34.4. The normalized spacial score (nSPS) is 15.5.